The minimum absolute atomic E-state index is 0.0775. The first-order valence-electron chi connectivity index (χ1n) is 10.3. The largest absolute Gasteiger partial charge is 0.347 e. The summed E-state index contributed by atoms with van der Waals surface area (Å²) in [6, 6.07) is 8.21. The van der Waals surface area contributed by atoms with Crippen molar-refractivity contribution in [1.82, 2.24) is 14.9 Å². The average molecular weight is 380 g/mol. The first-order valence-corrected chi connectivity index (χ1v) is 10.3. The zero-order valence-corrected chi connectivity index (χ0v) is 16.9. The highest BCUT2D eigenvalue weighted by Crippen LogP contribution is 2.34. The minimum atomic E-state index is -0.188. The minimum Gasteiger partial charge on any atom is -0.347 e. The van der Waals surface area contributed by atoms with Crippen LogP contribution in [0.4, 0.5) is 5.69 Å². The first-order chi connectivity index (χ1) is 13.5. The molecule has 0 aliphatic carbocycles. The summed E-state index contributed by atoms with van der Waals surface area (Å²) in [5, 5.41) is 3.00. The van der Waals surface area contributed by atoms with Crippen LogP contribution < -0.4 is 10.2 Å². The summed E-state index contributed by atoms with van der Waals surface area (Å²) in [6.07, 6.45) is 4.51. The van der Waals surface area contributed by atoms with E-state index >= 15 is 0 Å². The van der Waals surface area contributed by atoms with Gasteiger partial charge in [0.25, 0.3) is 11.8 Å². The van der Waals surface area contributed by atoms with Crippen molar-refractivity contribution in [3.05, 3.63) is 47.0 Å². The van der Waals surface area contributed by atoms with E-state index in [-0.39, 0.29) is 23.9 Å². The number of carbonyl (C=O) groups excluding carboxylic acids is 2. The highest BCUT2D eigenvalue weighted by atomic mass is 16.2. The Morgan fingerprint density at radius 2 is 2.07 bits per heavy atom. The van der Waals surface area contributed by atoms with Crippen LogP contribution in [-0.4, -0.2) is 33.4 Å². The molecule has 2 aromatic rings. The third kappa shape index (κ3) is 3.11. The van der Waals surface area contributed by atoms with Gasteiger partial charge in [0, 0.05) is 24.3 Å². The number of para-hydroxylation sites is 1. The van der Waals surface area contributed by atoms with Crippen molar-refractivity contribution >= 4 is 17.5 Å². The van der Waals surface area contributed by atoms with Crippen molar-refractivity contribution < 1.29 is 9.59 Å². The van der Waals surface area contributed by atoms with Crippen molar-refractivity contribution in [2.45, 2.75) is 71.5 Å². The van der Waals surface area contributed by atoms with Gasteiger partial charge in [0.05, 0.1) is 5.69 Å². The summed E-state index contributed by atoms with van der Waals surface area (Å²) in [5.41, 5.74) is 3.49. The number of amides is 2. The standard InChI is InChI=1S/C22H28N4O2/c1-4-14(2)23-21(27)20-24-19(18-11-7-8-12-25(18)20)22(28)26-15(3)13-16-9-5-6-10-17(16)26/h5-6,9-10,14-15H,4,7-8,11-13H2,1-3H3,(H,23,27). The van der Waals surface area contributed by atoms with Gasteiger partial charge < -0.3 is 14.8 Å². The Kier molecular flexibility index (Phi) is 4.96. The van der Waals surface area contributed by atoms with Crippen molar-refractivity contribution in [3.8, 4) is 0 Å². The van der Waals surface area contributed by atoms with Crippen LogP contribution in [0.15, 0.2) is 24.3 Å². The lowest BCUT2D eigenvalue weighted by molar-refractivity contribution is 0.0923. The molecule has 1 aromatic heterocycles. The predicted octanol–water partition coefficient (Wildman–Crippen LogP) is 3.34. The van der Waals surface area contributed by atoms with Gasteiger partial charge in [-0.25, -0.2) is 4.98 Å². The maximum absolute atomic E-state index is 13.5. The van der Waals surface area contributed by atoms with Gasteiger partial charge in [0.1, 0.15) is 0 Å². The number of carbonyl (C=O) groups is 2. The number of hydrogen-bond donors (Lipinski definition) is 1. The molecule has 2 unspecified atom stereocenters. The molecule has 148 valence electrons. The third-order valence-corrected chi connectivity index (χ3v) is 5.94. The van der Waals surface area contributed by atoms with Crippen LogP contribution in [0.5, 0.6) is 0 Å². The Labute approximate surface area is 165 Å². The molecule has 0 saturated carbocycles. The summed E-state index contributed by atoms with van der Waals surface area (Å²) >= 11 is 0. The molecule has 4 rings (SSSR count). The smallest absolute Gasteiger partial charge is 0.287 e. The molecule has 28 heavy (non-hydrogen) atoms. The van der Waals surface area contributed by atoms with Gasteiger partial charge in [-0.15, -0.1) is 0 Å². The summed E-state index contributed by atoms with van der Waals surface area (Å²) in [6.45, 7) is 6.82. The summed E-state index contributed by atoms with van der Waals surface area (Å²) < 4.78 is 1.96. The van der Waals surface area contributed by atoms with Crippen molar-refractivity contribution in [3.63, 3.8) is 0 Å². The highest BCUT2D eigenvalue weighted by Gasteiger charge is 2.36. The predicted molar refractivity (Wildman–Crippen MR) is 109 cm³/mol. The molecule has 1 aromatic carbocycles. The van der Waals surface area contributed by atoms with Gasteiger partial charge in [0.15, 0.2) is 11.5 Å². The number of rotatable bonds is 4. The molecule has 1 N–H and O–H groups in total. The molecular weight excluding hydrogens is 352 g/mol. The number of imidazole rings is 1. The fourth-order valence-corrected chi connectivity index (χ4v) is 4.27. The zero-order chi connectivity index (χ0) is 19.8. The van der Waals surface area contributed by atoms with Crippen LogP contribution in [-0.2, 0) is 19.4 Å². The fraction of sp³-hybridized carbons (Fsp3) is 0.500. The molecule has 0 fully saturated rings. The molecule has 0 saturated heterocycles. The number of aromatic nitrogens is 2. The number of nitrogens with one attached hydrogen (secondary N) is 1. The quantitative estimate of drug-likeness (QED) is 0.885. The monoisotopic (exact) mass is 380 g/mol. The van der Waals surface area contributed by atoms with Crippen LogP contribution in [0.2, 0.25) is 0 Å². The van der Waals surface area contributed by atoms with E-state index in [2.05, 4.69) is 23.3 Å². The Balaban J connectivity index is 1.72. The van der Waals surface area contributed by atoms with E-state index in [9.17, 15) is 9.59 Å². The van der Waals surface area contributed by atoms with Crippen molar-refractivity contribution in [2.75, 3.05) is 4.90 Å². The molecule has 6 heteroatoms. The lowest BCUT2D eigenvalue weighted by Crippen LogP contribution is -2.36. The van der Waals surface area contributed by atoms with Crippen molar-refractivity contribution in [2.24, 2.45) is 0 Å². The maximum atomic E-state index is 13.5. The Bertz CT molecular complexity index is 917. The van der Waals surface area contributed by atoms with E-state index in [0.717, 1.165) is 50.0 Å². The van der Waals surface area contributed by atoms with Crippen LogP contribution in [0.3, 0.4) is 0 Å². The third-order valence-electron chi connectivity index (χ3n) is 5.94. The lowest BCUT2D eigenvalue weighted by Gasteiger charge is -2.23. The Morgan fingerprint density at radius 3 is 2.86 bits per heavy atom. The Hall–Kier alpha value is -2.63. The van der Waals surface area contributed by atoms with Crippen LogP contribution in [0.1, 0.15) is 72.4 Å². The van der Waals surface area contributed by atoms with Crippen LogP contribution in [0.25, 0.3) is 0 Å². The molecule has 2 amide bonds. The van der Waals surface area contributed by atoms with E-state index in [4.69, 9.17) is 0 Å². The van der Waals surface area contributed by atoms with Crippen molar-refractivity contribution in [1.29, 1.82) is 0 Å². The SMILES string of the molecule is CCC(C)NC(=O)c1nc(C(=O)N2c3ccccc3CC2C)c2n1CCCC2. The second-order valence-corrected chi connectivity index (χ2v) is 7.98. The van der Waals surface area contributed by atoms with Gasteiger partial charge >= 0.3 is 0 Å². The van der Waals surface area contributed by atoms with Crippen LogP contribution >= 0.6 is 0 Å². The van der Waals surface area contributed by atoms with Gasteiger partial charge in [-0.3, -0.25) is 9.59 Å². The van der Waals surface area contributed by atoms with E-state index in [1.807, 2.05) is 41.5 Å². The molecule has 0 bridgehead atoms. The van der Waals surface area contributed by atoms with Crippen LogP contribution in [0, 0.1) is 0 Å². The molecule has 2 aliphatic heterocycles. The van der Waals surface area contributed by atoms with Gasteiger partial charge in [-0.1, -0.05) is 25.1 Å². The number of anilines is 1. The fourth-order valence-electron chi connectivity index (χ4n) is 4.27. The molecule has 0 spiro atoms. The molecule has 6 nitrogen and oxygen atoms in total. The number of fused-ring (bicyclic) bond motifs is 2. The molecule has 2 aliphatic rings. The average Bonchev–Trinajstić information content (AvgIpc) is 3.24. The normalized spacial score (nSPS) is 19.1. The van der Waals surface area contributed by atoms with Gasteiger partial charge in [-0.2, -0.15) is 0 Å². The van der Waals surface area contributed by atoms with E-state index in [0.29, 0.717) is 11.5 Å². The second kappa shape index (κ2) is 7.41. The van der Waals surface area contributed by atoms with Gasteiger partial charge in [0.2, 0.25) is 0 Å². The summed E-state index contributed by atoms with van der Waals surface area (Å²) in [7, 11) is 0. The van der Waals surface area contributed by atoms with E-state index in [1.165, 1.54) is 5.56 Å². The van der Waals surface area contributed by atoms with E-state index < -0.39 is 0 Å². The first kappa shape index (κ1) is 18.7. The summed E-state index contributed by atoms with van der Waals surface area (Å²) in [4.78, 5) is 32.8. The van der Waals surface area contributed by atoms with Gasteiger partial charge in [-0.05, 0) is 57.6 Å². The molecule has 2 atom stereocenters. The Morgan fingerprint density at radius 1 is 1.29 bits per heavy atom. The topological polar surface area (TPSA) is 67.2 Å². The number of hydrogen-bond acceptors (Lipinski definition) is 3. The molecule has 3 heterocycles. The summed E-state index contributed by atoms with van der Waals surface area (Å²) in [5.74, 6) is 0.0931. The lowest BCUT2D eigenvalue weighted by atomic mass is 10.1. The van der Waals surface area contributed by atoms with E-state index in [1.54, 1.807) is 0 Å². The zero-order valence-electron chi connectivity index (χ0n) is 16.9. The maximum Gasteiger partial charge on any atom is 0.287 e. The number of benzene rings is 1. The number of nitrogens with zero attached hydrogens (tertiary/aromatic N) is 3. The second-order valence-electron chi connectivity index (χ2n) is 7.98. The highest BCUT2D eigenvalue weighted by molar-refractivity contribution is 6.08. The molecule has 0 radical (unpaired) electrons. The molecular formula is C22H28N4O2.